The Balaban J connectivity index is 1.09. The fraction of sp³-hybridized carbons (Fsp3) is 0.231. The smallest absolute Gasteiger partial charge is 0.411 e. The molecule has 0 bridgehead atoms. The fourth-order valence-electron chi connectivity index (χ4n) is 8.50. The molecule has 11 heteroatoms. The summed E-state index contributed by atoms with van der Waals surface area (Å²) in [6.07, 6.45) is -4.65. The van der Waals surface area contributed by atoms with Gasteiger partial charge in [0.15, 0.2) is 18.2 Å². The maximum atomic E-state index is 14.4. The molecule has 11 nitrogen and oxygen atoms in total. The number of nitrogens with zero attached hydrogens (tertiary/aromatic N) is 2. The molecule has 63 heavy (non-hydrogen) atoms. The second-order valence-corrected chi connectivity index (χ2v) is 15.6. The lowest BCUT2D eigenvalue weighted by molar-refractivity contribution is -0.181. The molecule has 0 aromatic heterocycles. The lowest BCUT2D eigenvalue weighted by Gasteiger charge is -2.46. The van der Waals surface area contributed by atoms with Crippen LogP contribution in [-0.4, -0.2) is 57.2 Å². The van der Waals surface area contributed by atoms with Crippen LogP contribution in [0.2, 0.25) is 0 Å². The maximum absolute atomic E-state index is 14.4. The Morgan fingerprint density at radius 3 is 1.32 bits per heavy atom. The normalized spacial score (nSPS) is 21.4. The molecular weight excluding hydrogens is 797 g/mol. The zero-order valence-electron chi connectivity index (χ0n) is 34.5. The molecule has 2 aliphatic rings. The third-order valence-electron chi connectivity index (χ3n) is 11.5. The molecule has 6 aromatic rings. The number of carbonyl (C=O) groups is 4. The third kappa shape index (κ3) is 9.79. The first kappa shape index (κ1) is 42.5. The highest BCUT2D eigenvalue weighted by Gasteiger charge is 2.52. The van der Waals surface area contributed by atoms with Gasteiger partial charge in [0, 0.05) is 0 Å². The first-order valence-electron chi connectivity index (χ1n) is 21.1. The summed E-state index contributed by atoms with van der Waals surface area (Å²) in [6.45, 7) is -0.0984. The number of hydrogen-bond acceptors (Lipinski definition) is 9. The van der Waals surface area contributed by atoms with Crippen LogP contribution in [-0.2, 0) is 41.8 Å². The lowest BCUT2D eigenvalue weighted by atomic mass is 9.88. The second kappa shape index (κ2) is 20.1. The van der Waals surface area contributed by atoms with E-state index in [4.69, 9.17) is 18.9 Å². The monoisotopic (exact) mass is 844 g/mol. The van der Waals surface area contributed by atoms with Crippen molar-refractivity contribution in [3.63, 3.8) is 0 Å². The third-order valence-corrected chi connectivity index (χ3v) is 11.5. The van der Waals surface area contributed by atoms with Crippen LogP contribution >= 0.6 is 0 Å². The van der Waals surface area contributed by atoms with Crippen LogP contribution in [0.3, 0.4) is 0 Å². The minimum atomic E-state index is -1.48. The van der Waals surface area contributed by atoms with Gasteiger partial charge in [0.25, 0.3) is 0 Å². The number of cyclic esters (lactones) is 2. The van der Waals surface area contributed by atoms with Crippen LogP contribution < -0.4 is 0 Å². The zero-order valence-corrected chi connectivity index (χ0v) is 34.5. The molecule has 2 saturated heterocycles. The molecule has 2 aliphatic heterocycles. The number of amides is 2. The quantitative estimate of drug-likeness (QED) is 0.0892. The van der Waals surface area contributed by atoms with E-state index in [1.807, 2.05) is 182 Å². The molecule has 8 rings (SSSR count). The van der Waals surface area contributed by atoms with Gasteiger partial charge in [-0.15, -0.1) is 0 Å². The van der Waals surface area contributed by atoms with Crippen molar-refractivity contribution < 1.29 is 43.2 Å². The number of carbonyl (C=O) groups excluding carboxylic acids is 4. The predicted octanol–water partition coefficient (Wildman–Crippen LogP) is 9.61. The molecule has 2 fully saturated rings. The number of hydrogen-bond donors (Lipinski definition) is 1. The summed E-state index contributed by atoms with van der Waals surface area (Å²) in [5, 5.41) is 12.1. The van der Waals surface area contributed by atoms with Crippen molar-refractivity contribution in [2.75, 3.05) is 0 Å². The van der Waals surface area contributed by atoms with Gasteiger partial charge >= 0.3 is 24.1 Å². The van der Waals surface area contributed by atoms with Gasteiger partial charge in [-0.3, -0.25) is 9.80 Å². The van der Waals surface area contributed by atoms with Crippen molar-refractivity contribution in [3.8, 4) is 0 Å². The van der Waals surface area contributed by atoms with Crippen LogP contribution in [0.15, 0.2) is 182 Å². The van der Waals surface area contributed by atoms with Gasteiger partial charge in [-0.25, -0.2) is 19.2 Å². The van der Waals surface area contributed by atoms with E-state index in [1.54, 1.807) is 0 Å². The van der Waals surface area contributed by atoms with Gasteiger partial charge in [-0.2, -0.15) is 0 Å². The van der Waals surface area contributed by atoms with Crippen LogP contribution in [0, 0.1) is 0 Å². The average molecular weight is 845 g/mol. The van der Waals surface area contributed by atoms with E-state index in [1.165, 1.54) is 9.80 Å². The van der Waals surface area contributed by atoms with Crippen molar-refractivity contribution in [3.05, 3.63) is 215 Å². The SMILES string of the molecule is O=C1O[C@H](c2ccccc2)[C@H](c2ccccc2)N(C(=O)OCc2ccccc2)[C@H]1[C@@H](O)CCC[C@H]1C(=O)O[C@H](c2ccccc2)[C@H](c2ccccc2)N1C(=O)OCc1ccccc1. The van der Waals surface area contributed by atoms with Gasteiger partial charge < -0.3 is 24.1 Å². The molecular formula is C52H48N2O9. The Bertz CT molecular complexity index is 2430. The number of esters is 2. The Kier molecular flexibility index (Phi) is 13.5. The highest BCUT2D eigenvalue weighted by atomic mass is 16.6. The Morgan fingerprint density at radius 2 is 0.873 bits per heavy atom. The van der Waals surface area contributed by atoms with E-state index >= 15 is 0 Å². The van der Waals surface area contributed by atoms with Gasteiger partial charge in [0.2, 0.25) is 0 Å². The molecule has 320 valence electrons. The number of aliphatic hydroxyl groups is 1. The van der Waals surface area contributed by atoms with Crippen LogP contribution in [0.1, 0.15) is 76.9 Å². The fourth-order valence-corrected chi connectivity index (χ4v) is 8.50. The number of rotatable bonds is 13. The molecule has 0 unspecified atom stereocenters. The zero-order chi connectivity index (χ0) is 43.5. The number of morpholine rings is 2. The van der Waals surface area contributed by atoms with E-state index in [0.29, 0.717) is 16.7 Å². The molecule has 0 spiro atoms. The molecule has 6 aromatic carbocycles. The lowest BCUT2D eigenvalue weighted by Crippen LogP contribution is -2.59. The Hall–Kier alpha value is -7.24. The predicted molar refractivity (Wildman–Crippen MR) is 233 cm³/mol. The van der Waals surface area contributed by atoms with Crippen molar-refractivity contribution in [2.24, 2.45) is 0 Å². The second-order valence-electron chi connectivity index (χ2n) is 15.6. The van der Waals surface area contributed by atoms with Gasteiger partial charge in [-0.1, -0.05) is 182 Å². The topological polar surface area (TPSA) is 132 Å². The first-order chi connectivity index (χ1) is 30.9. The Labute approximate surface area is 366 Å². The van der Waals surface area contributed by atoms with Crippen molar-refractivity contribution >= 4 is 24.1 Å². The summed E-state index contributed by atoms with van der Waals surface area (Å²) in [5.41, 5.74) is 4.28. The molecule has 7 atom stereocenters. The van der Waals surface area contributed by atoms with E-state index < -0.39 is 66.6 Å². The molecule has 2 amide bonds. The first-order valence-corrected chi connectivity index (χ1v) is 21.1. The summed E-state index contributed by atoms with van der Waals surface area (Å²) in [5.74, 6) is -1.45. The highest BCUT2D eigenvalue weighted by Crippen LogP contribution is 2.45. The minimum Gasteiger partial charge on any atom is -0.453 e. The van der Waals surface area contributed by atoms with Crippen LogP contribution in [0.25, 0.3) is 0 Å². The summed E-state index contributed by atoms with van der Waals surface area (Å²) >= 11 is 0. The van der Waals surface area contributed by atoms with Crippen molar-refractivity contribution in [2.45, 2.75) is 75.0 Å². The largest absolute Gasteiger partial charge is 0.453 e. The maximum Gasteiger partial charge on any atom is 0.411 e. The standard InChI is InChI=1S/C52H48N2O9/c55-43(46-50(57)63-48(41-30-17-6-18-31-41)45(39-26-13-4-14-27-39)54(46)52(59)61-35-37-22-9-2-10-23-37)33-19-32-42-49(56)62-47(40-28-15-5-16-29-40)44(38-24-11-3-12-25-38)53(42)51(58)60-34-36-20-7-1-8-21-36/h1-18,20-31,42-48,55H,19,32-35H2/t42-,43-,44-,45-,46-,47+,48+/m0/s1. The summed E-state index contributed by atoms with van der Waals surface area (Å²) in [7, 11) is 0. The van der Waals surface area contributed by atoms with E-state index in [-0.39, 0.29) is 32.5 Å². The van der Waals surface area contributed by atoms with Gasteiger partial charge in [0.1, 0.15) is 31.3 Å². The molecule has 1 N–H and O–H groups in total. The van der Waals surface area contributed by atoms with E-state index in [0.717, 1.165) is 16.7 Å². The number of aliphatic hydroxyl groups excluding tert-OH is 1. The molecule has 0 radical (unpaired) electrons. The summed E-state index contributed by atoms with van der Waals surface area (Å²) < 4.78 is 24.2. The van der Waals surface area contributed by atoms with Crippen LogP contribution in [0.5, 0.6) is 0 Å². The van der Waals surface area contributed by atoms with Crippen molar-refractivity contribution in [1.82, 2.24) is 9.80 Å². The summed E-state index contributed by atoms with van der Waals surface area (Å²) in [4.78, 5) is 60.0. The minimum absolute atomic E-state index is 0.0271. The number of benzene rings is 6. The average Bonchev–Trinajstić information content (AvgIpc) is 3.34. The van der Waals surface area contributed by atoms with Gasteiger partial charge in [0.05, 0.1) is 6.10 Å². The van der Waals surface area contributed by atoms with E-state index in [2.05, 4.69) is 0 Å². The highest BCUT2D eigenvalue weighted by molar-refractivity contribution is 5.85. The molecule has 2 heterocycles. The summed E-state index contributed by atoms with van der Waals surface area (Å²) in [6, 6.07) is 51.1. The van der Waals surface area contributed by atoms with Gasteiger partial charge in [-0.05, 0) is 52.6 Å². The van der Waals surface area contributed by atoms with Crippen LogP contribution in [0.4, 0.5) is 9.59 Å². The Morgan fingerprint density at radius 1 is 0.508 bits per heavy atom. The molecule has 0 saturated carbocycles. The van der Waals surface area contributed by atoms with E-state index in [9.17, 15) is 24.3 Å². The number of ether oxygens (including phenoxy) is 4. The molecule has 0 aliphatic carbocycles. The van der Waals surface area contributed by atoms with Crippen molar-refractivity contribution in [1.29, 1.82) is 0 Å².